The van der Waals surface area contributed by atoms with E-state index in [9.17, 15) is 4.79 Å². The summed E-state index contributed by atoms with van der Waals surface area (Å²) < 4.78 is 18.8. The molecule has 0 bridgehead atoms. The fourth-order valence-corrected chi connectivity index (χ4v) is 3.68. The normalized spacial score (nSPS) is 15.2. The molecule has 1 amide bonds. The first-order valence-corrected chi connectivity index (χ1v) is 9.42. The van der Waals surface area contributed by atoms with E-state index < -0.39 is 0 Å². The number of benzene rings is 2. The molecule has 6 nitrogen and oxygen atoms in total. The van der Waals surface area contributed by atoms with Gasteiger partial charge in [-0.3, -0.25) is 4.79 Å². The molecule has 1 atom stereocenters. The van der Waals surface area contributed by atoms with Crippen LogP contribution in [0.3, 0.4) is 0 Å². The first kappa shape index (κ1) is 18.2. The van der Waals surface area contributed by atoms with Crippen molar-refractivity contribution < 1.29 is 19.0 Å². The Hall–Kier alpha value is -3.15. The summed E-state index contributed by atoms with van der Waals surface area (Å²) in [7, 11) is 3.23. The summed E-state index contributed by atoms with van der Waals surface area (Å²) in [5, 5.41) is 4.03. The van der Waals surface area contributed by atoms with Gasteiger partial charge in [-0.15, -0.1) is 0 Å². The Balaban J connectivity index is 1.62. The molecule has 2 heterocycles. The predicted molar refractivity (Wildman–Crippen MR) is 107 cm³/mol. The summed E-state index contributed by atoms with van der Waals surface area (Å²) in [5.41, 5.74) is 2.49. The maximum absolute atomic E-state index is 13.0. The lowest BCUT2D eigenvalue weighted by molar-refractivity contribution is 0.0935. The zero-order valence-electron chi connectivity index (χ0n) is 16.3. The molecular formula is C22H24N2O4. The van der Waals surface area contributed by atoms with Gasteiger partial charge in [0.25, 0.3) is 5.91 Å². The van der Waals surface area contributed by atoms with Crippen molar-refractivity contribution in [3.63, 3.8) is 0 Å². The summed E-state index contributed by atoms with van der Waals surface area (Å²) in [5.74, 6) is 2.15. The zero-order valence-corrected chi connectivity index (χ0v) is 16.3. The maximum Gasteiger partial charge on any atom is 0.268 e. The maximum atomic E-state index is 13.0. The second-order valence-corrected chi connectivity index (χ2v) is 6.84. The number of carbonyl (C=O) groups excluding carboxylic acids is 1. The predicted octanol–water partition coefficient (Wildman–Crippen LogP) is 3.76. The van der Waals surface area contributed by atoms with Crippen molar-refractivity contribution in [2.75, 3.05) is 14.2 Å². The van der Waals surface area contributed by atoms with Gasteiger partial charge in [0.1, 0.15) is 29.0 Å². The van der Waals surface area contributed by atoms with Crippen molar-refractivity contribution >= 4 is 16.8 Å². The fourth-order valence-electron chi connectivity index (χ4n) is 3.68. The van der Waals surface area contributed by atoms with Gasteiger partial charge in [0.15, 0.2) is 0 Å². The van der Waals surface area contributed by atoms with Crippen LogP contribution in [0.4, 0.5) is 0 Å². The van der Waals surface area contributed by atoms with Crippen LogP contribution in [-0.2, 0) is 13.1 Å². The topological polar surface area (TPSA) is 61.7 Å². The van der Waals surface area contributed by atoms with Crippen LogP contribution in [0.2, 0.25) is 0 Å². The number of ether oxygens (including phenoxy) is 3. The monoisotopic (exact) mass is 380 g/mol. The summed E-state index contributed by atoms with van der Waals surface area (Å²) in [6.07, 6.45) is 0.950. The second kappa shape index (κ2) is 7.46. The van der Waals surface area contributed by atoms with E-state index in [4.69, 9.17) is 14.2 Å². The highest BCUT2D eigenvalue weighted by molar-refractivity contribution is 6.00. The summed E-state index contributed by atoms with van der Waals surface area (Å²) >= 11 is 0. The van der Waals surface area contributed by atoms with E-state index in [1.54, 1.807) is 14.2 Å². The van der Waals surface area contributed by atoms with Gasteiger partial charge >= 0.3 is 0 Å². The molecule has 2 aromatic carbocycles. The Morgan fingerprint density at radius 2 is 2.07 bits per heavy atom. The molecule has 1 aromatic heterocycles. The number of nitrogens with zero attached hydrogens (tertiary/aromatic N) is 1. The van der Waals surface area contributed by atoms with Gasteiger partial charge in [-0.05, 0) is 36.8 Å². The fraction of sp³-hybridized carbons (Fsp3) is 0.318. The molecule has 0 spiro atoms. The molecule has 6 heteroatoms. The third-order valence-electron chi connectivity index (χ3n) is 5.18. The number of hydrogen-bond donors (Lipinski definition) is 1. The molecule has 1 aliphatic heterocycles. The van der Waals surface area contributed by atoms with Crippen molar-refractivity contribution in [3.05, 3.63) is 53.7 Å². The van der Waals surface area contributed by atoms with E-state index in [2.05, 4.69) is 16.8 Å². The largest absolute Gasteiger partial charge is 0.497 e. The van der Waals surface area contributed by atoms with Gasteiger partial charge in [0.2, 0.25) is 0 Å². The van der Waals surface area contributed by atoms with Crippen LogP contribution < -0.4 is 19.5 Å². The van der Waals surface area contributed by atoms with Crippen molar-refractivity contribution in [3.8, 4) is 17.2 Å². The minimum atomic E-state index is -0.122. The molecule has 0 fully saturated rings. The number of rotatable bonds is 6. The van der Waals surface area contributed by atoms with Gasteiger partial charge in [-0.1, -0.05) is 19.1 Å². The van der Waals surface area contributed by atoms with Crippen LogP contribution in [0.1, 0.15) is 29.4 Å². The Morgan fingerprint density at radius 1 is 1.21 bits per heavy atom. The minimum Gasteiger partial charge on any atom is -0.497 e. The number of nitrogens with one attached hydrogen (secondary N) is 1. The van der Waals surface area contributed by atoms with Crippen LogP contribution in [-0.4, -0.2) is 30.8 Å². The molecule has 3 aromatic rings. The molecule has 1 aliphatic rings. The van der Waals surface area contributed by atoms with Crippen molar-refractivity contribution in [2.45, 2.75) is 32.5 Å². The SMILES string of the molecule is CC[C@H]1Cn2c(C(=O)NCc3cc(OC)ccc3OC)cc3cccc(c32)O1. The number of para-hydroxylation sites is 1. The van der Waals surface area contributed by atoms with Crippen molar-refractivity contribution in [1.82, 2.24) is 9.88 Å². The average Bonchev–Trinajstić information content (AvgIpc) is 3.11. The van der Waals surface area contributed by atoms with Crippen LogP contribution in [0, 0.1) is 0 Å². The van der Waals surface area contributed by atoms with Crippen LogP contribution in [0.15, 0.2) is 42.5 Å². The molecule has 0 aliphatic carbocycles. The standard InChI is InChI=1S/C22H24N2O4/c1-4-16-13-24-18(11-14-6-5-7-20(28-16)21(14)24)22(25)23-12-15-10-17(26-2)8-9-19(15)27-3/h5-11,16H,4,12-13H2,1-3H3,(H,23,25)/t16-/m0/s1. The van der Waals surface area contributed by atoms with E-state index in [-0.39, 0.29) is 12.0 Å². The lowest BCUT2D eigenvalue weighted by Crippen LogP contribution is -2.31. The first-order valence-electron chi connectivity index (χ1n) is 9.42. The van der Waals surface area contributed by atoms with Crippen LogP contribution >= 0.6 is 0 Å². The highest BCUT2D eigenvalue weighted by atomic mass is 16.5. The Bertz CT molecular complexity index is 1020. The number of methoxy groups -OCH3 is 2. The molecular weight excluding hydrogens is 356 g/mol. The smallest absolute Gasteiger partial charge is 0.268 e. The van der Waals surface area contributed by atoms with E-state index in [0.29, 0.717) is 24.5 Å². The lowest BCUT2D eigenvalue weighted by atomic mass is 10.2. The molecule has 0 unspecified atom stereocenters. The van der Waals surface area contributed by atoms with Gasteiger partial charge in [-0.25, -0.2) is 0 Å². The lowest BCUT2D eigenvalue weighted by Gasteiger charge is -2.26. The number of hydrogen-bond acceptors (Lipinski definition) is 4. The number of amides is 1. The highest BCUT2D eigenvalue weighted by Gasteiger charge is 2.25. The summed E-state index contributed by atoms with van der Waals surface area (Å²) in [4.78, 5) is 13.0. The molecule has 4 rings (SSSR count). The van der Waals surface area contributed by atoms with Crippen molar-refractivity contribution in [1.29, 1.82) is 0 Å². The van der Waals surface area contributed by atoms with E-state index in [1.807, 2.05) is 42.5 Å². The average molecular weight is 380 g/mol. The third-order valence-corrected chi connectivity index (χ3v) is 5.18. The Kier molecular flexibility index (Phi) is 4.86. The zero-order chi connectivity index (χ0) is 19.7. The number of carbonyl (C=O) groups is 1. The van der Waals surface area contributed by atoms with E-state index in [1.165, 1.54) is 0 Å². The molecule has 28 heavy (non-hydrogen) atoms. The minimum absolute atomic E-state index is 0.0653. The quantitative estimate of drug-likeness (QED) is 0.707. The van der Waals surface area contributed by atoms with Crippen LogP contribution in [0.25, 0.3) is 10.9 Å². The third kappa shape index (κ3) is 3.15. The second-order valence-electron chi connectivity index (χ2n) is 6.84. The highest BCUT2D eigenvalue weighted by Crippen LogP contribution is 2.34. The van der Waals surface area contributed by atoms with E-state index in [0.717, 1.165) is 34.4 Å². The Morgan fingerprint density at radius 3 is 2.82 bits per heavy atom. The molecule has 0 saturated carbocycles. The summed E-state index contributed by atoms with van der Waals surface area (Å²) in [6, 6.07) is 13.4. The molecule has 146 valence electrons. The van der Waals surface area contributed by atoms with Gasteiger partial charge in [0, 0.05) is 17.5 Å². The Labute approximate surface area is 164 Å². The van der Waals surface area contributed by atoms with Gasteiger partial charge in [-0.2, -0.15) is 0 Å². The van der Waals surface area contributed by atoms with Crippen molar-refractivity contribution in [2.24, 2.45) is 0 Å². The summed E-state index contributed by atoms with van der Waals surface area (Å²) in [6.45, 7) is 3.11. The molecule has 0 radical (unpaired) electrons. The van der Waals surface area contributed by atoms with E-state index >= 15 is 0 Å². The first-order chi connectivity index (χ1) is 13.6. The van der Waals surface area contributed by atoms with Gasteiger partial charge in [0.05, 0.1) is 26.3 Å². The molecule has 0 saturated heterocycles. The number of aromatic nitrogens is 1. The van der Waals surface area contributed by atoms with Crippen LogP contribution in [0.5, 0.6) is 17.2 Å². The molecule has 1 N–H and O–H groups in total. The van der Waals surface area contributed by atoms with Gasteiger partial charge < -0.3 is 24.1 Å².